The van der Waals surface area contributed by atoms with Crippen LogP contribution in [0.3, 0.4) is 0 Å². The molecule has 0 radical (unpaired) electrons. The van der Waals surface area contributed by atoms with Crippen LogP contribution in [-0.4, -0.2) is 81.8 Å². The first kappa shape index (κ1) is 33.7. The number of nitrogens with zero attached hydrogens (tertiary/aromatic N) is 5. The molecule has 11 heteroatoms. The number of para-hydroxylation sites is 1. The van der Waals surface area contributed by atoms with Crippen molar-refractivity contribution in [2.45, 2.75) is 25.4 Å². The number of amides is 2. The van der Waals surface area contributed by atoms with Gasteiger partial charge in [0.2, 0.25) is 6.79 Å². The van der Waals surface area contributed by atoms with Crippen molar-refractivity contribution in [1.29, 1.82) is 0 Å². The molecule has 1 fully saturated rings. The number of aromatic hydroxyl groups is 1. The number of morpholine rings is 1. The van der Waals surface area contributed by atoms with Crippen LogP contribution in [0.15, 0.2) is 116 Å². The predicted octanol–water partition coefficient (Wildman–Crippen LogP) is 6.70. The third-order valence-corrected chi connectivity index (χ3v) is 10.6. The van der Waals surface area contributed by atoms with Crippen molar-refractivity contribution in [2.75, 3.05) is 44.5 Å². The summed E-state index contributed by atoms with van der Waals surface area (Å²) in [7, 11) is 0. The molecule has 54 heavy (non-hydrogen) atoms. The first-order chi connectivity index (χ1) is 26.5. The number of phenols is 1. The number of hydrogen-bond acceptors (Lipinski definition) is 8. The fraction of sp³-hybridized carbons (Fsp3) is 0.233. The first-order valence-electron chi connectivity index (χ1n) is 18.3. The number of carbonyl (C=O) groups is 2. The smallest absolute Gasteiger partial charge is 0.266 e. The van der Waals surface area contributed by atoms with E-state index in [-0.39, 0.29) is 30.4 Å². The monoisotopic (exact) mass is 721 g/mol. The number of hydrogen-bond donors (Lipinski definition) is 1. The van der Waals surface area contributed by atoms with Gasteiger partial charge < -0.3 is 28.6 Å². The summed E-state index contributed by atoms with van der Waals surface area (Å²) in [5, 5.41) is 10.0. The van der Waals surface area contributed by atoms with Crippen LogP contribution in [0, 0.1) is 0 Å². The minimum atomic E-state index is -0.321. The zero-order chi connectivity index (χ0) is 36.6. The van der Waals surface area contributed by atoms with Crippen molar-refractivity contribution in [3.63, 3.8) is 0 Å². The molecule has 0 aliphatic carbocycles. The van der Waals surface area contributed by atoms with Crippen LogP contribution in [0.25, 0.3) is 16.9 Å². The molecule has 2 aromatic heterocycles. The molecule has 272 valence electrons. The number of carbonyl (C=O) groups excluding carboxylic acids is 2. The van der Waals surface area contributed by atoms with Crippen LogP contribution in [-0.2, 0) is 17.7 Å². The van der Waals surface area contributed by atoms with E-state index in [1.807, 2.05) is 58.0 Å². The van der Waals surface area contributed by atoms with Crippen LogP contribution in [0.2, 0.25) is 0 Å². The van der Waals surface area contributed by atoms with Crippen LogP contribution in [0.1, 0.15) is 38.3 Å². The van der Waals surface area contributed by atoms with Crippen molar-refractivity contribution >= 4 is 28.8 Å². The molecule has 0 bridgehead atoms. The number of fused-ring (bicyclic) bond motifs is 3. The van der Waals surface area contributed by atoms with E-state index in [2.05, 4.69) is 28.1 Å². The van der Waals surface area contributed by atoms with E-state index in [4.69, 9.17) is 14.2 Å². The Hall–Kier alpha value is -6.17. The number of phenolic OH excluding ortho intramolecular Hbond substituents is 1. The van der Waals surface area contributed by atoms with E-state index in [0.29, 0.717) is 57.5 Å². The molecule has 0 spiro atoms. The highest BCUT2D eigenvalue weighted by Crippen LogP contribution is 2.42. The summed E-state index contributed by atoms with van der Waals surface area (Å²) >= 11 is 0. The van der Waals surface area contributed by atoms with Gasteiger partial charge in [-0.15, -0.1) is 0 Å². The average Bonchev–Trinajstić information content (AvgIpc) is 3.85. The number of benzene rings is 4. The molecule has 0 unspecified atom stereocenters. The van der Waals surface area contributed by atoms with Gasteiger partial charge in [-0.25, -0.2) is 4.98 Å². The van der Waals surface area contributed by atoms with Crippen molar-refractivity contribution < 1.29 is 28.9 Å². The van der Waals surface area contributed by atoms with Gasteiger partial charge in [-0.2, -0.15) is 0 Å². The predicted molar refractivity (Wildman–Crippen MR) is 203 cm³/mol. The Labute approximate surface area is 312 Å². The lowest BCUT2D eigenvalue weighted by molar-refractivity contribution is 0.0308. The maximum absolute atomic E-state index is 15.1. The minimum absolute atomic E-state index is 0.0267. The van der Waals surface area contributed by atoms with Gasteiger partial charge in [0.05, 0.1) is 30.0 Å². The molecule has 0 saturated carbocycles. The van der Waals surface area contributed by atoms with Gasteiger partial charge in [-0.3, -0.25) is 19.4 Å². The third-order valence-electron chi connectivity index (χ3n) is 10.6. The van der Waals surface area contributed by atoms with E-state index in [9.17, 15) is 9.90 Å². The second kappa shape index (κ2) is 14.3. The second-order valence-electron chi connectivity index (χ2n) is 13.8. The van der Waals surface area contributed by atoms with Crippen molar-refractivity contribution in [3.8, 4) is 28.5 Å². The topological polar surface area (TPSA) is 109 Å². The molecule has 9 rings (SSSR count). The Morgan fingerprint density at radius 3 is 2.33 bits per heavy atom. The van der Waals surface area contributed by atoms with E-state index in [1.165, 1.54) is 5.56 Å². The van der Waals surface area contributed by atoms with Gasteiger partial charge in [0, 0.05) is 61.6 Å². The molecule has 1 N–H and O–H groups in total. The van der Waals surface area contributed by atoms with Crippen molar-refractivity contribution in [1.82, 2.24) is 19.2 Å². The van der Waals surface area contributed by atoms with Crippen LogP contribution in [0.5, 0.6) is 17.2 Å². The molecular weight excluding hydrogens is 683 g/mol. The lowest BCUT2D eigenvalue weighted by Gasteiger charge is -2.39. The fourth-order valence-electron chi connectivity index (χ4n) is 7.81. The highest BCUT2D eigenvalue weighted by molar-refractivity contribution is 6.15. The Morgan fingerprint density at radius 1 is 0.815 bits per heavy atom. The zero-order valence-electron chi connectivity index (χ0n) is 29.6. The first-order valence-corrected chi connectivity index (χ1v) is 18.3. The normalized spacial score (nSPS) is 16.7. The summed E-state index contributed by atoms with van der Waals surface area (Å²) in [4.78, 5) is 40.6. The van der Waals surface area contributed by atoms with E-state index in [1.54, 1.807) is 53.6 Å². The number of anilines is 2. The van der Waals surface area contributed by atoms with E-state index in [0.717, 1.165) is 51.3 Å². The number of rotatable bonds is 8. The lowest BCUT2D eigenvalue weighted by Crippen LogP contribution is -2.47. The lowest BCUT2D eigenvalue weighted by atomic mass is 9.90. The zero-order valence-corrected chi connectivity index (χ0v) is 29.6. The number of ether oxygens (including phenoxy) is 3. The molecule has 11 nitrogen and oxygen atoms in total. The fourth-order valence-corrected chi connectivity index (χ4v) is 7.81. The quantitative estimate of drug-likeness (QED) is 0.185. The SMILES string of the molecule is O=C(c1cc(-c2cc3c(cc2C(=O)N2Cc4ccccc4C[C@H]2CCN2CCOCC2)OCO3)n2cccnc12)N(c1ccccc1)c1ccc(O)cc1. The van der Waals surface area contributed by atoms with Crippen LogP contribution in [0.4, 0.5) is 11.4 Å². The van der Waals surface area contributed by atoms with Gasteiger partial charge >= 0.3 is 0 Å². The van der Waals surface area contributed by atoms with Gasteiger partial charge in [0.1, 0.15) is 11.4 Å². The molecule has 6 aromatic rings. The summed E-state index contributed by atoms with van der Waals surface area (Å²) in [5.41, 5.74) is 6.08. The standard InChI is InChI=1S/C43H39N5O6/c49-34-13-11-32(12-14-34)48(31-9-2-1-3-10-31)43(51)37-24-38(46-17-6-16-44-41(37)46)35-25-39-40(54-28-53-39)26-36(35)42(50)47-27-30-8-5-4-7-29(30)23-33(47)15-18-45-19-21-52-22-20-45/h1-14,16-17,24-26,33,49H,15,18-23,27-28H2/t33-/m1/s1. The van der Waals surface area contributed by atoms with Crippen molar-refractivity contribution in [3.05, 3.63) is 138 Å². The van der Waals surface area contributed by atoms with Gasteiger partial charge in [-0.05, 0) is 84.6 Å². The maximum atomic E-state index is 15.1. The summed E-state index contributed by atoms with van der Waals surface area (Å²) in [5.74, 6) is 0.682. The maximum Gasteiger partial charge on any atom is 0.266 e. The minimum Gasteiger partial charge on any atom is -0.508 e. The van der Waals surface area contributed by atoms with Gasteiger partial charge in [0.15, 0.2) is 11.5 Å². The van der Waals surface area contributed by atoms with Crippen molar-refractivity contribution in [2.24, 2.45) is 0 Å². The molecule has 1 saturated heterocycles. The van der Waals surface area contributed by atoms with Gasteiger partial charge in [-0.1, -0.05) is 42.5 Å². The highest BCUT2D eigenvalue weighted by atomic mass is 16.7. The van der Waals surface area contributed by atoms with Crippen LogP contribution < -0.4 is 14.4 Å². The summed E-state index contributed by atoms with van der Waals surface area (Å²) in [6, 6.07) is 31.4. The van der Waals surface area contributed by atoms with Gasteiger partial charge in [0.25, 0.3) is 11.8 Å². The van der Waals surface area contributed by atoms with E-state index >= 15 is 4.79 Å². The van der Waals surface area contributed by atoms with E-state index < -0.39 is 0 Å². The molecule has 2 amide bonds. The van der Waals surface area contributed by atoms with Crippen LogP contribution >= 0.6 is 0 Å². The Balaban J connectivity index is 1.14. The largest absolute Gasteiger partial charge is 0.508 e. The Morgan fingerprint density at radius 2 is 1.54 bits per heavy atom. The Kier molecular flexibility index (Phi) is 8.93. The molecular formula is C43H39N5O6. The average molecular weight is 722 g/mol. The molecule has 4 aromatic carbocycles. The Bertz CT molecular complexity index is 2340. The second-order valence-corrected chi connectivity index (χ2v) is 13.8. The summed E-state index contributed by atoms with van der Waals surface area (Å²) in [6.07, 6.45) is 5.08. The molecule has 5 heterocycles. The molecule has 1 atom stereocenters. The number of aromatic nitrogens is 2. The highest BCUT2D eigenvalue weighted by Gasteiger charge is 2.34. The third kappa shape index (κ3) is 6.31. The molecule has 3 aliphatic rings. The summed E-state index contributed by atoms with van der Waals surface area (Å²) < 4.78 is 19.1. The summed E-state index contributed by atoms with van der Waals surface area (Å²) in [6.45, 7) is 4.61. The molecule has 3 aliphatic heterocycles.